The number of hydrogen-bond donors (Lipinski definition) is 2. The Bertz CT molecular complexity index is 910. The van der Waals surface area contributed by atoms with Crippen molar-refractivity contribution in [1.29, 1.82) is 0 Å². The molecule has 0 radical (unpaired) electrons. The van der Waals surface area contributed by atoms with Crippen molar-refractivity contribution < 1.29 is 4.52 Å². The van der Waals surface area contributed by atoms with E-state index >= 15 is 0 Å². The Morgan fingerprint density at radius 1 is 1.27 bits per heavy atom. The number of hydrogen-bond acceptors (Lipinski definition) is 7. The summed E-state index contributed by atoms with van der Waals surface area (Å²) in [5, 5.41) is 8.16. The molecule has 3 aromatic rings. The smallest absolute Gasteiger partial charge is 0.202 e. The van der Waals surface area contributed by atoms with Gasteiger partial charge >= 0.3 is 0 Å². The number of aromatic nitrogens is 3. The Hall–Kier alpha value is -3.19. The number of anilines is 1. The molecule has 26 heavy (non-hydrogen) atoms. The van der Waals surface area contributed by atoms with Crippen LogP contribution in [0.2, 0.25) is 0 Å². The molecular formula is C19H19N5OS. The number of nitrogens with two attached hydrogens (primary N) is 1. The van der Waals surface area contributed by atoms with Crippen LogP contribution in [0.25, 0.3) is 5.57 Å². The molecule has 0 aliphatic heterocycles. The molecule has 2 heterocycles. The fraction of sp³-hybridized carbons (Fsp3) is 0.105. The van der Waals surface area contributed by atoms with E-state index in [2.05, 4.69) is 57.3 Å². The van der Waals surface area contributed by atoms with Crippen molar-refractivity contribution in [3.8, 4) is 0 Å². The first-order chi connectivity index (χ1) is 12.7. The molecule has 3 N–H and O–H groups in total. The molecule has 0 saturated heterocycles. The van der Waals surface area contributed by atoms with Gasteiger partial charge in [-0.05, 0) is 17.2 Å². The van der Waals surface area contributed by atoms with E-state index in [1.165, 1.54) is 23.4 Å². The molecule has 0 unspecified atom stereocenters. The Morgan fingerprint density at radius 2 is 2.04 bits per heavy atom. The highest BCUT2D eigenvalue weighted by Gasteiger charge is 2.11. The third-order valence-corrected chi connectivity index (χ3v) is 4.29. The molecule has 1 aromatic carbocycles. The summed E-state index contributed by atoms with van der Waals surface area (Å²) in [6.07, 6.45) is 5.61. The Kier molecular flexibility index (Phi) is 5.60. The minimum atomic E-state index is 0.417. The lowest BCUT2D eigenvalue weighted by Gasteiger charge is -2.04. The molecule has 0 fully saturated rings. The highest BCUT2D eigenvalue weighted by Crippen LogP contribution is 2.21. The van der Waals surface area contributed by atoms with Crippen molar-refractivity contribution in [1.82, 2.24) is 14.5 Å². The van der Waals surface area contributed by atoms with Crippen molar-refractivity contribution >= 4 is 22.2 Å². The van der Waals surface area contributed by atoms with Gasteiger partial charge in [-0.1, -0.05) is 48.7 Å². The van der Waals surface area contributed by atoms with Crippen molar-refractivity contribution in [3.63, 3.8) is 0 Å². The largest absolute Gasteiger partial charge is 0.399 e. The van der Waals surface area contributed by atoms with Crippen LogP contribution in [0.1, 0.15) is 22.6 Å². The molecule has 2 aromatic heterocycles. The fourth-order valence-electron chi connectivity index (χ4n) is 2.40. The van der Waals surface area contributed by atoms with E-state index < -0.39 is 0 Å². The van der Waals surface area contributed by atoms with Crippen molar-refractivity contribution in [3.05, 3.63) is 90.2 Å². The van der Waals surface area contributed by atoms with E-state index in [4.69, 9.17) is 10.3 Å². The molecule has 0 aliphatic carbocycles. The lowest BCUT2D eigenvalue weighted by Crippen LogP contribution is -1.99. The predicted octanol–water partition coefficient (Wildman–Crippen LogP) is 3.77. The Morgan fingerprint density at radius 3 is 2.69 bits per heavy atom. The van der Waals surface area contributed by atoms with Crippen LogP contribution < -0.4 is 11.1 Å². The fourth-order valence-corrected chi connectivity index (χ4v) is 2.83. The van der Waals surface area contributed by atoms with Crippen LogP contribution in [0.4, 0.5) is 5.13 Å². The second-order valence-corrected chi connectivity index (χ2v) is 6.40. The predicted molar refractivity (Wildman–Crippen MR) is 104 cm³/mol. The van der Waals surface area contributed by atoms with E-state index in [-0.39, 0.29) is 0 Å². The molecule has 0 amide bonds. The zero-order chi connectivity index (χ0) is 18.4. The highest BCUT2D eigenvalue weighted by molar-refractivity contribution is 7.09. The van der Waals surface area contributed by atoms with Gasteiger partial charge in [0.05, 0.1) is 5.69 Å². The summed E-state index contributed by atoms with van der Waals surface area (Å²) in [4.78, 5) is 4.10. The molecule has 3 rings (SSSR count). The third kappa shape index (κ3) is 4.46. The third-order valence-electron chi connectivity index (χ3n) is 3.67. The monoisotopic (exact) mass is 365 g/mol. The van der Waals surface area contributed by atoms with E-state index in [0.717, 1.165) is 16.4 Å². The van der Waals surface area contributed by atoms with Gasteiger partial charge in [0, 0.05) is 41.8 Å². The van der Waals surface area contributed by atoms with Crippen LogP contribution in [0, 0.1) is 0 Å². The van der Waals surface area contributed by atoms with Crippen LogP contribution in [0.3, 0.4) is 0 Å². The van der Waals surface area contributed by atoms with Crippen molar-refractivity contribution in [2.24, 2.45) is 5.73 Å². The summed E-state index contributed by atoms with van der Waals surface area (Å²) in [5.41, 5.74) is 10.0. The van der Waals surface area contributed by atoms with Gasteiger partial charge in [-0.2, -0.15) is 4.37 Å². The van der Waals surface area contributed by atoms with Gasteiger partial charge in [0.15, 0.2) is 5.76 Å². The maximum absolute atomic E-state index is 5.78. The molecule has 6 nitrogen and oxygen atoms in total. The number of nitrogens with one attached hydrogen (secondary N) is 1. The highest BCUT2D eigenvalue weighted by atomic mass is 32.1. The molecule has 0 atom stereocenters. The average molecular weight is 365 g/mol. The lowest BCUT2D eigenvalue weighted by molar-refractivity contribution is 0.404. The molecule has 0 aliphatic rings. The second-order valence-electron chi connectivity index (χ2n) is 5.62. The number of benzene rings is 1. The SMILES string of the molecule is C=C/C=C(\C(=C)N)c1cc(Cc2ccc(CNc3ncns3)cc2)no1. The van der Waals surface area contributed by atoms with Gasteiger partial charge in [0.2, 0.25) is 5.13 Å². The second kappa shape index (κ2) is 8.26. The summed E-state index contributed by atoms with van der Waals surface area (Å²) < 4.78 is 9.35. The number of allylic oxidation sites excluding steroid dienone is 3. The summed E-state index contributed by atoms with van der Waals surface area (Å²) in [5.74, 6) is 0.588. The Balaban J connectivity index is 1.63. The molecule has 132 valence electrons. The summed E-state index contributed by atoms with van der Waals surface area (Å²) in [6, 6.07) is 10.2. The standard InChI is InChI=1S/C19H19N5OS/c1-3-4-17(13(2)20)18-10-16(24-25-18)9-14-5-7-15(8-6-14)11-21-19-22-12-23-26-19/h3-8,10,12H,1-2,9,11,20H2,(H,21,22,23)/b17-4+. The van der Waals surface area contributed by atoms with Crippen LogP contribution in [0.5, 0.6) is 0 Å². The van der Waals surface area contributed by atoms with E-state index in [9.17, 15) is 0 Å². The van der Waals surface area contributed by atoms with E-state index in [1.807, 2.05) is 6.07 Å². The maximum atomic E-state index is 5.78. The van der Waals surface area contributed by atoms with Gasteiger partial charge in [0.25, 0.3) is 0 Å². The first-order valence-electron chi connectivity index (χ1n) is 7.97. The zero-order valence-electron chi connectivity index (χ0n) is 14.2. The zero-order valence-corrected chi connectivity index (χ0v) is 15.0. The first kappa shape index (κ1) is 17.6. The lowest BCUT2D eigenvalue weighted by atomic mass is 10.1. The van der Waals surface area contributed by atoms with Crippen LogP contribution in [-0.2, 0) is 13.0 Å². The van der Waals surface area contributed by atoms with Gasteiger partial charge in [-0.25, -0.2) is 4.98 Å². The molecule has 0 bridgehead atoms. The topological polar surface area (TPSA) is 89.9 Å². The molecule has 7 heteroatoms. The summed E-state index contributed by atoms with van der Waals surface area (Å²) in [6.45, 7) is 8.13. The molecule has 0 saturated carbocycles. The van der Waals surface area contributed by atoms with Gasteiger partial charge < -0.3 is 15.6 Å². The number of nitrogens with zero attached hydrogens (tertiary/aromatic N) is 3. The van der Waals surface area contributed by atoms with Gasteiger partial charge in [-0.3, -0.25) is 0 Å². The number of rotatable bonds is 8. The Labute approximate surface area is 155 Å². The summed E-state index contributed by atoms with van der Waals surface area (Å²) >= 11 is 1.34. The van der Waals surface area contributed by atoms with Crippen LogP contribution in [-0.4, -0.2) is 14.5 Å². The van der Waals surface area contributed by atoms with Crippen molar-refractivity contribution in [2.75, 3.05) is 5.32 Å². The minimum Gasteiger partial charge on any atom is -0.399 e. The van der Waals surface area contributed by atoms with Crippen LogP contribution in [0.15, 0.2) is 72.2 Å². The molecular weight excluding hydrogens is 346 g/mol. The first-order valence-corrected chi connectivity index (χ1v) is 8.75. The average Bonchev–Trinajstić information content (AvgIpc) is 3.31. The quantitative estimate of drug-likeness (QED) is 0.591. The minimum absolute atomic E-state index is 0.417. The maximum Gasteiger partial charge on any atom is 0.202 e. The van der Waals surface area contributed by atoms with Crippen molar-refractivity contribution in [2.45, 2.75) is 13.0 Å². The van der Waals surface area contributed by atoms with E-state index in [0.29, 0.717) is 30.0 Å². The van der Waals surface area contributed by atoms with Gasteiger partial charge in [0.1, 0.15) is 6.33 Å². The normalized spacial score (nSPS) is 11.3. The van der Waals surface area contributed by atoms with Gasteiger partial charge in [-0.15, -0.1) is 0 Å². The molecule has 0 spiro atoms. The van der Waals surface area contributed by atoms with Crippen LogP contribution >= 0.6 is 11.5 Å². The summed E-state index contributed by atoms with van der Waals surface area (Å²) in [7, 11) is 0. The van der Waals surface area contributed by atoms with E-state index in [1.54, 1.807) is 12.2 Å².